The van der Waals surface area contributed by atoms with E-state index in [0.29, 0.717) is 43.1 Å². The lowest BCUT2D eigenvalue weighted by Crippen LogP contribution is -2.53. The summed E-state index contributed by atoms with van der Waals surface area (Å²) in [7, 11) is 0. The number of aliphatic imine (C=N–C) groups is 2. The molecule has 40 heavy (non-hydrogen) atoms. The van der Waals surface area contributed by atoms with Crippen molar-refractivity contribution in [3.8, 4) is 11.1 Å². The predicted octanol–water partition coefficient (Wildman–Crippen LogP) is 3.71. The van der Waals surface area contributed by atoms with E-state index >= 15 is 0 Å². The Kier molecular flexibility index (Phi) is 13.9. The summed E-state index contributed by atoms with van der Waals surface area (Å²) in [5.41, 5.74) is 3.61. The summed E-state index contributed by atoms with van der Waals surface area (Å²) in [6.07, 6.45) is 0.531. The number of rotatable bonds is 16. The van der Waals surface area contributed by atoms with Crippen molar-refractivity contribution in [3.05, 3.63) is 59.7 Å². The van der Waals surface area contributed by atoms with Crippen molar-refractivity contribution in [2.24, 2.45) is 9.98 Å². The van der Waals surface area contributed by atoms with Gasteiger partial charge in [0, 0.05) is 31.7 Å². The van der Waals surface area contributed by atoms with E-state index in [-0.39, 0.29) is 13.1 Å². The molecule has 4 N–H and O–H groups in total. The molecule has 0 fully saturated rings. The molecule has 2 aromatic rings. The molecule has 216 valence electrons. The van der Waals surface area contributed by atoms with Gasteiger partial charge in [-0.2, -0.15) is 0 Å². The number of hydrogen-bond donors (Lipinski definition) is 4. The summed E-state index contributed by atoms with van der Waals surface area (Å²) in [5, 5.41) is 18.8. The van der Waals surface area contributed by atoms with Crippen LogP contribution >= 0.6 is 0 Å². The fraction of sp³-hybridized carbons (Fsp3) is 0.414. The summed E-state index contributed by atoms with van der Waals surface area (Å²) >= 11 is 0. The van der Waals surface area contributed by atoms with E-state index in [2.05, 4.69) is 58.4 Å². The van der Waals surface area contributed by atoms with Crippen molar-refractivity contribution >= 4 is 31.5 Å². The van der Waals surface area contributed by atoms with Crippen molar-refractivity contribution in [2.75, 3.05) is 32.7 Å². The number of nitrogens with one attached hydrogen (secondary N) is 3. The number of alkyl carbamates (subject to hydrolysis) is 1. The first-order valence-corrected chi connectivity index (χ1v) is 13.3. The maximum absolute atomic E-state index is 13.1. The van der Waals surface area contributed by atoms with Gasteiger partial charge in [-0.25, -0.2) is 14.7 Å². The number of benzene rings is 2. The lowest BCUT2D eigenvalue weighted by molar-refractivity contribution is -0.0587. The van der Waals surface area contributed by atoms with Gasteiger partial charge < -0.3 is 30.7 Å². The molecule has 0 aromatic heterocycles. The minimum atomic E-state index is -0.917. The highest BCUT2D eigenvalue weighted by Crippen LogP contribution is 2.21. The highest BCUT2D eigenvalue weighted by molar-refractivity contribution is 5.95. The number of aryl methyl sites for hydroxylation is 1. The van der Waals surface area contributed by atoms with Crippen LogP contribution in [0.1, 0.15) is 42.6 Å². The Labute approximate surface area is 235 Å². The predicted molar refractivity (Wildman–Crippen MR) is 156 cm³/mol. The van der Waals surface area contributed by atoms with Crippen LogP contribution in [-0.2, 0) is 11.2 Å². The zero-order valence-electron chi connectivity index (χ0n) is 23.3. The summed E-state index contributed by atoms with van der Waals surface area (Å²) < 4.78 is 5.42. The third-order valence-electron chi connectivity index (χ3n) is 6.15. The molecule has 0 aliphatic carbocycles. The smallest absolute Gasteiger partial charge is 0.407 e. The van der Waals surface area contributed by atoms with Gasteiger partial charge in [0.15, 0.2) is 0 Å². The van der Waals surface area contributed by atoms with Gasteiger partial charge in [-0.3, -0.25) is 10.0 Å². The Morgan fingerprint density at radius 3 is 2.02 bits per heavy atom. The quantitative estimate of drug-likeness (QED) is 0.109. The maximum atomic E-state index is 13.1. The third kappa shape index (κ3) is 10.9. The van der Waals surface area contributed by atoms with Crippen molar-refractivity contribution in [2.45, 2.75) is 45.3 Å². The Morgan fingerprint density at radius 1 is 0.925 bits per heavy atom. The van der Waals surface area contributed by atoms with E-state index in [4.69, 9.17) is 4.74 Å². The van der Waals surface area contributed by atoms with Gasteiger partial charge in [0.25, 0.3) is 5.91 Å². The van der Waals surface area contributed by atoms with E-state index in [0.717, 1.165) is 17.5 Å². The molecule has 11 heteroatoms. The van der Waals surface area contributed by atoms with Crippen LogP contribution in [0.25, 0.3) is 11.1 Å². The number of nitrogens with zero attached hydrogens (tertiary/aromatic N) is 3. The van der Waals surface area contributed by atoms with Gasteiger partial charge in [0.1, 0.15) is 6.10 Å². The Morgan fingerprint density at radius 2 is 1.48 bits per heavy atom. The molecule has 11 nitrogen and oxygen atoms in total. The molecular formula is C29H40N6O5. The first kappa shape index (κ1) is 32.0. The van der Waals surface area contributed by atoms with Gasteiger partial charge in [-0.1, -0.05) is 43.3 Å². The van der Waals surface area contributed by atoms with Gasteiger partial charge in [-0.05, 0) is 68.4 Å². The second kappa shape index (κ2) is 17.4. The Balaban J connectivity index is 2.09. The third-order valence-corrected chi connectivity index (χ3v) is 6.15. The number of carbonyl (C=O) groups is 3. The number of carbonyl (C=O) groups excluding carboxylic acids is 3. The standard InChI is InChI=1S/C29H40N6O5/c1-5-22-8-10-23(11-9-22)24-12-14-25(15-13-24)27(36)34-26(20-35(39)28(37)32-18-6-16-30-3)21(2)40-29(38)33-19-7-17-31-4/h8-15,21,26,39H,3-7,16-20H2,1-2H3,(H,32,37)(H,33,38)(H,34,36)/t21-,26-/m1/s1. The molecule has 0 unspecified atom stereocenters. The number of ether oxygens (including phenoxy) is 1. The molecule has 0 aliphatic rings. The molecule has 2 rings (SSSR count). The first-order chi connectivity index (χ1) is 19.3. The molecule has 0 heterocycles. The van der Waals surface area contributed by atoms with Crippen LogP contribution in [0, 0.1) is 0 Å². The van der Waals surface area contributed by atoms with E-state index in [9.17, 15) is 19.6 Å². The molecule has 0 saturated heterocycles. The molecular weight excluding hydrogens is 512 g/mol. The second-order valence-electron chi connectivity index (χ2n) is 9.16. The van der Waals surface area contributed by atoms with Crippen LogP contribution < -0.4 is 16.0 Å². The second-order valence-corrected chi connectivity index (χ2v) is 9.16. The van der Waals surface area contributed by atoms with Crippen molar-refractivity contribution in [3.63, 3.8) is 0 Å². The monoisotopic (exact) mass is 552 g/mol. The lowest BCUT2D eigenvalue weighted by atomic mass is 10.0. The molecule has 0 radical (unpaired) electrons. The zero-order valence-corrected chi connectivity index (χ0v) is 23.3. The summed E-state index contributed by atoms with van der Waals surface area (Å²) in [5.74, 6) is -0.448. The number of amides is 4. The van der Waals surface area contributed by atoms with Crippen molar-refractivity contribution in [1.29, 1.82) is 0 Å². The molecule has 0 spiro atoms. The highest BCUT2D eigenvalue weighted by atomic mass is 16.6. The topological polar surface area (TPSA) is 145 Å². The summed E-state index contributed by atoms with van der Waals surface area (Å²) in [6.45, 7) is 11.7. The maximum Gasteiger partial charge on any atom is 0.407 e. The van der Waals surface area contributed by atoms with E-state index < -0.39 is 30.2 Å². The van der Waals surface area contributed by atoms with Crippen LogP contribution in [0.2, 0.25) is 0 Å². The van der Waals surface area contributed by atoms with Gasteiger partial charge in [0.05, 0.1) is 12.6 Å². The van der Waals surface area contributed by atoms with Gasteiger partial charge >= 0.3 is 12.1 Å². The van der Waals surface area contributed by atoms with Crippen LogP contribution in [0.15, 0.2) is 58.5 Å². The minimum Gasteiger partial charge on any atom is -0.444 e. The zero-order chi connectivity index (χ0) is 29.3. The number of hydrogen-bond acceptors (Lipinski definition) is 7. The normalized spacial score (nSPS) is 12.0. The van der Waals surface area contributed by atoms with E-state index in [1.165, 1.54) is 5.56 Å². The lowest BCUT2D eigenvalue weighted by Gasteiger charge is -2.28. The largest absolute Gasteiger partial charge is 0.444 e. The fourth-order valence-electron chi connectivity index (χ4n) is 3.73. The molecule has 0 saturated carbocycles. The van der Waals surface area contributed by atoms with Crippen molar-refractivity contribution in [1.82, 2.24) is 21.0 Å². The molecule has 4 amide bonds. The number of hydroxylamine groups is 2. The SMILES string of the molecule is C=NCCCNC(=O)O[C@H](C)[C@@H](CN(O)C(=O)NCCCN=C)NC(=O)c1ccc(-c2ccc(CC)cc2)cc1. The van der Waals surface area contributed by atoms with Crippen LogP contribution in [0.4, 0.5) is 9.59 Å². The Bertz CT molecular complexity index is 1110. The Hall–Kier alpha value is -4.25. The minimum absolute atomic E-state index is 0.285. The average Bonchev–Trinajstić information content (AvgIpc) is 2.97. The van der Waals surface area contributed by atoms with Crippen LogP contribution in [0.5, 0.6) is 0 Å². The van der Waals surface area contributed by atoms with E-state index in [1.54, 1.807) is 19.1 Å². The molecule has 0 bridgehead atoms. The average molecular weight is 553 g/mol. The van der Waals surface area contributed by atoms with Crippen LogP contribution in [-0.4, -0.2) is 86.6 Å². The van der Waals surface area contributed by atoms with Crippen LogP contribution in [0.3, 0.4) is 0 Å². The van der Waals surface area contributed by atoms with Crippen molar-refractivity contribution < 1.29 is 24.3 Å². The molecule has 2 aromatic carbocycles. The highest BCUT2D eigenvalue weighted by Gasteiger charge is 2.27. The molecule has 2 atom stereocenters. The number of urea groups is 1. The summed E-state index contributed by atoms with van der Waals surface area (Å²) in [4.78, 5) is 45.1. The van der Waals surface area contributed by atoms with E-state index in [1.807, 2.05) is 24.3 Å². The molecule has 0 aliphatic heterocycles. The first-order valence-electron chi connectivity index (χ1n) is 13.3. The van der Waals surface area contributed by atoms with Gasteiger partial charge in [-0.15, -0.1) is 0 Å². The summed E-state index contributed by atoms with van der Waals surface area (Å²) in [6, 6.07) is 13.6. The fourth-order valence-corrected chi connectivity index (χ4v) is 3.73. The van der Waals surface area contributed by atoms with Gasteiger partial charge in [0.2, 0.25) is 0 Å².